The molecular formula is C15H16ClF3N2OS. The number of pyridine rings is 1. The fraction of sp³-hybridized carbons (Fsp3) is 0.400. The molecule has 1 heterocycles. The van der Waals surface area contributed by atoms with Crippen molar-refractivity contribution in [1.82, 2.24) is 9.71 Å². The monoisotopic (exact) mass is 364 g/mol. The van der Waals surface area contributed by atoms with Crippen LogP contribution in [0, 0.1) is 0 Å². The molecule has 0 amide bonds. The standard InChI is InChI=1S/C15H16ClF3N2OS/c1-14(2,3)23(22)21-13(15(17,18)19)9-4-5-10-8-20-12(16)7-11(10)6-9/h4-8,13,21H,1-3H3. The molecule has 0 aliphatic rings. The Labute approximate surface area is 139 Å². The largest absolute Gasteiger partial charge is 0.408 e. The van der Waals surface area contributed by atoms with E-state index in [1.54, 1.807) is 20.8 Å². The fourth-order valence-corrected chi connectivity index (χ4v) is 2.92. The van der Waals surface area contributed by atoms with Gasteiger partial charge < -0.3 is 0 Å². The lowest BCUT2D eigenvalue weighted by molar-refractivity contribution is -0.152. The van der Waals surface area contributed by atoms with Crippen molar-refractivity contribution in [3.8, 4) is 0 Å². The molecule has 2 aromatic rings. The molecule has 0 radical (unpaired) electrons. The van der Waals surface area contributed by atoms with Crippen LogP contribution in [0.3, 0.4) is 0 Å². The maximum absolute atomic E-state index is 13.4. The lowest BCUT2D eigenvalue weighted by atomic mass is 10.0. The Hall–Kier alpha value is -1.18. The van der Waals surface area contributed by atoms with Gasteiger partial charge in [0, 0.05) is 11.6 Å². The summed E-state index contributed by atoms with van der Waals surface area (Å²) in [7, 11) is -1.86. The zero-order valence-corrected chi connectivity index (χ0v) is 14.3. The predicted octanol–water partition coefficient (Wildman–Crippen LogP) is 4.54. The summed E-state index contributed by atoms with van der Waals surface area (Å²) in [6.07, 6.45) is -3.09. The van der Waals surface area contributed by atoms with Crippen LogP contribution in [0.1, 0.15) is 32.4 Å². The third kappa shape index (κ3) is 4.43. The zero-order valence-electron chi connectivity index (χ0n) is 12.7. The van der Waals surface area contributed by atoms with E-state index < -0.39 is 28.0 Å². The van der Waals surface area contributed by atoms with Gasteiger partial charge in [-0.1, -0.05) is 23.7 Å². The summed E-state index contributed by atoms with van der Waals surface area (Å²) in [5, 5.41) is 1.42. The maximum Gasteiger partial charge on any atom is 0.408 e. The molecule has 0 spiro atoms. The quantitative estimate of drug-likeness (QED) is 0.812. The van der Waals surface area contributed by atoms with Crippen molar-refractivity contribution in [2.45, 2.75) is 37.7 Å². The van der Waals surface area contributed by atoms with Crippen LogP contribution >= 0.6 is 11.6 Å². The Morgan fingerprint density at radius 2 is 1.83 bits per heavy atom. The molecule has 23 heavy (non-hydrogen) atoms. The summed E-state index contributed by atoms with van der Waals surface area (Å²) < 4.78 is 53.7. The van der Waals surface area contributed by atoms with Crippen LogP contribution in [0.2, 0.25) is 5.15 Å². The Morgan fingerprint density at radius 3 is 2.39 bits per heavy atom. The highest BCUT2D eigenvalue weighted by molar-refractivity contribution is 7.84. The molecule has 0 fully saturated rings. The summed E-state index contributed by atoms with van der Waals surface area (Å²) in [4.78, 5) is 3.89. The summed E-state index contributed by atoms with van der Waals surface area (Å²) in [5.74, 6) is 0. The van der Waals surface area contributed by atoms with Crippen LogP contribution in [0.5, 0.6) is 0 Å². The van der Waals surface area contributed by atoms with Gasteiger partial charge in [0.05, 0.1) is 15.7 Å². The van der Waals surface area contributed by atoms with Crippen molar-refractivity contribution < 1.29 is 17.4 Å². The number of alkyl halides is 3. The van der Waals surface area contributed by atoms with Gasteiger partial charge in [0.1, 0.15) is 11.2 Å². The molecular weight excluding hydrogens is 349 g/mol. The molecule has 2 unspecified atom stereocenters. The van der Waals surface area contributed by atoms with Crippen molar-refractivity contribution in [1.29, 1.82) is 0 Å². The topological polar surface area (TPSA) is 42.0 Å². The van der Waals surface area contributed by atoms with Crippen LogP contribution in [0.25, 0.3) is 10.8 Å². The van der Waals surface area contributed by atoms with E-state index >= 15 is 0 Å². The van der Waals surface area contributed by atoms with Gasteiger partial charge in [-0.05, 0) is 43.9 Å². The van der Waals surface area contributed by atoms with Crippen LogP contribution in [0.15, 0.2) is 30.5 Å². The Bertz CT molecular complexity index is 744. The molecule has 3 nitrogen and oxygen atoms in total. The first-order chi connectivity index (χ1) is 10.5. The third-order valence-corrected chi connectivity index (χ3v) is 4.92. The molecule has 126 valence electrons. The van der Waals surface area contributed by atoms with Crippen molar-refractivity contribution in [3.63, 3.8) is 0 Å². The van der Waals surface area contributed by atoms with Crippen molar-refractivity contribution in [2.24, 2.45) is 0 Å². The second-order valence-corrected chi connectivity index (χ2v) is 8.47. The number of halogens is 4. The molecule has 0 bridgehead atoms. The Morgan fingerprint density at radius 1 is 1.17 bits per heavy atom. The second-order valence-electron chi connectivity index (χ2n) is 6.09. The number of nitrogens with zero attached hydrogens (tertiary/aromatic N) is 1. The van der Waals surface area contributed by atoms with Gasteiger partial charge in [-0.15, -0.1) is 0 Å². The van der Waals surface area contributed by atoms with E-state index in [0.29, 0.717) is 10.8 Å². The number of rotatable bonds is 3. The number of fused-ring (bicyclic) bond motifs is 1. The first-order valence-electron chi connectivity index (χ1n) is 6.78. The molecule has 0 saturated carbocycles. The molecule has 1 N–H and O–H groups in total. The summed E-state index contributed by atoms with van der Waals surface area (Å²) in [6.45, 7) is 4.82. The summed E-state index contributed by atoms with van der Waals surface area (Å²) in [6, 6.07) is 3.73. The van der Waals surface area contributed by atoms with Gasteiger partial charge in [0.15, 0.2) is 0 Å². The van der Waals surface area contributed by atoms with E-state index in [1.165, 1.54) is 30.5 Å². The molecule has 8 heteroatoms. The lowest BCUT2D eigenvalue weighted by Crippen LogP contribution is -2.41. The van der Waals surface area contributed by atoms with Gasteiger partial charge in [-0.2, -0.15) is 13.2 Å². The summed E-state index contributed by atoms with van der Waals surface area (Å²) in [5.41, 5.74) is -0.0233. The maximum atomic E-state index is 13.4. The molecule has 2 atom stereocenters. The fourth-order valence-electron chi connectivity index (χ4n) is 1.92. The predicted molar refractivity (Wildman–Crippen MR) is 86.6 cm³/mol. The number of benzene rings is 1. The molecule has 0 aliphatic heterocycles. The van der Waals surface area contributed by atoms with E-state index in [0.717, 1.165) is 0 Å². The van der Waals surface area contributed by atoms with Crippen LogP contribution < -0.4 is 4.72 Å². The number of hydrogen-bond donors (Lipinski definition) is 1. The highest BCUT2D eigenvalue weighted by atomic mass is 35.5. The van der Waals surface area contributed by atoms with E-state index in [4.69, 9.17) is 11.6 Å². The van der Waals surface area contributed by atoms with Gasteiger partial charge in [0.2, 0.25) is 0 Å². The average molecular weight is 365 g/mol. The minimum atomic E-state index is -4.58. The number of aromatic nitrogens is 1. The number of hydrogen-bond acceptors (Lipinski definition) is 2. The van der Waals surface area contributed by atoms with Crippen molar-refractivity contribution >= 4 is 33.4 Å². The first kappa shape index (κ1) is 18.2. The normalized spacial score (nSPS) is 15.6. The first-order valence-corrected chi connectivity index (χ1v) is 8.31. The zero-order chi connectivity index (χ0) is 17.4. The third-order valence-electron chi connectivity index (χ3n) is 3.15. The Balaban J connectivity index is 2.45. The van der Waals surface area contributed by atoms with E-state index in [2.05, 4.69) is 9.71 Å². The van der Waals surface area contributed by atoms with Gasteiger partial charge in [-0.25, -0.2) is 13.9 Å². The average Bonchev–Trinajstić information content (AvgIpc) is 2.41. The van der Waals surface area contributed by atoms with E-state index in [1.807, 2.05) is 0 Å². The van der Waals surface area contributed by atoms with Gasteiger partial charge in [0.25, 0.3) is 0 Å². The van der Waals surface area contributed by atoms with Crippen LogP contribution in [0.4, 0.5) is 13.2 Å². The lowest BCUT2D eigenvalue weighted by Gasteiger charge is -2.26. The van der Waals surface area contributed by atoms with Crippen molar-refractivity contribution in [3.05, 3.63) is 41.2 Å². The molecule has 0 aliphatic carbocycles. The second kappa shape index (κ2) is 6.37. The minimum Gasteiger partial charge on any atom is -0.244 e. The molecule has 2 rings (SSSR count). The SMILES string of the molecule is CC(C)(C)S(=O)NC(c1ccc2cnc(Cl)cc2c1)C(F)(F)F. The van der Waals surface area contributed by atoms with Crippen molar-refractivity contribution in [2.75, 3.05) is 0 Å². The molecule has 0 saturated heterocycles. The van der Waals surface area contributed by atoms with Crippen LogP contribution in [-0.4, -0.2) is 20.1 Å². The van der Waals surface area contributed by atoms with Crippen LogP contribution in [-0.2, 0) is 11.0 Å². The Kier molecular flexibility index (Phi) is 5.03. The highest BCUT2D eigenvalue weighted by Gasteiger charge is 2.43. The molecule has 1 aromatic carbocycles. The van der Waals surface area contributed by atoms with Gasteiger partial charge in [-0.3, -0.25) is 0 Å². The molecule has 1 aromatic heterocycles. The van der Waals surface area contributed by atoms with E-state index in [-0.39, 0.29) is 10.7 Å². The summed E-state index contributed by atoms with van der Waals surface area (Å²) >= 11 is 5.79. The highest BCUT2D eigenvalue weighted by Crippen LogP contribution is 2.35. The number of nitrogens with one attached hydrogen (secondary N) is 1. The smallest absolute Gasteiger partial charge is 0.244 e. The van der Waals surface area contributed by atoms with Gasteiger partial charge >= 0.3 is 6.18 Å². The minimum absolute atomic E-state index is 0.0233. The van der Waals surface area contributed by atoms with E-state index in [9.17, 15) is 17.4 Å².